The lowest BCUT2D eigenvalue weighted by molar-refractivity contribution is -0.124. The van der Waals surface area contributed by atoms with E-state index in [0.29, 0.717) is 11.3 Å². The van der Waals surface area contributed by atoms with Crippen LogP contribution in [-0.4, -0.2) is 18.0 Å². The van der Waals surface area contributed by atoms with Crippen molar-refractivity contribution in [3.05, 3.63) is 51.2 Å². The number of thiophene rings is 1. The Labute approximate surface area is 152 Å². The number of hydrogen-bond donors (Lipinski definition) is 1. The number of benzene rings is 1. The Hall–Kier alpha value is -2.14. The van der Waals surface area contributed by atoms with Gasteiger partial charge in [0.1, 0.15) is 4.88 Å². The van der Waals surface area contributed by atoms with Crippen LogP contribution in [0.1, 0.15) is 51.9 Å². The van der Waals surface area contributed by atoms with Gasteiger partial charge in [0.25, 0.3) is 5.91 Å². The zero-order chi connectivity index (χ0) is 17.8. The first kappa shape index (κ1) is 17.7. The summed E-state index contributed by atoms with van der Waals surface area (Å²) in [6.07, 6.45) is 4.08. The van der Waals surface area contributed by atoms with Crippen molar-refractivity contribution in [1.82, 2.24) is 0 Å². The molecule has 1 aromatic heterocycles. The molecule has 1 amide bonds. The lowest BCUT2D eigenvalue weighted by atomic mass is 9.99. The second-order valence-corrected chi connectivity index (χ2v) is 7.51. The molecule has 1 N–H and O–H groups in total. The quantitative estimate of drug-likeness (QED) is 0.801. The molecule has 0 aliphatic heterocycles. The van der Waals surface area contributed by atoms with E-state index in [1.165, 1.54) is 34.6 Å². The van der Waals surface area contributed by atoms with E-state index in [1.807, 2.05) is 44.2 Å². The molecule has 4 nitrogen and oxygen atoms in total. The zero-order valence-electron chi connectivity index (χ0n) is 14.6. The van der Waals surface area contributed by atoms with Crippen LogP contribution in [0.3, 0.4) is 0 Å². The van der Waals surface area contributed by atoms with Gasteiger partial charge in [-0.1, -0.05) is 25.1 Å². The maximum absolute atomic E-state index is 12.5. The molecule has 0 fully saturated rings. The standard InChI is InChI=1S/C20H23NO3S/c1-3-16(19(22)21-15-10-6-4-8-13(15)2)24-20(23)18-12-14-9-5-7-11-17(14)25-18/h4,6,8,10,12,16H,3,5,7,9,11H2,1-2H3,(H,21,22). The molecular formula is C20H23NO3S. The minimum Gasteiger partial charge on any atom is -0.448 e. The largest absolute Gasteiger partial charge is 0.448 e. The predicted molar refractivity (Wildman–Crippen MR) is 100 cm³/mol. The van der Waals surface area contributed by atoms with Crippen LogP contribution in [0.15, 0.2) is 30.3 Å². The van der Waals surface area contributed by atoms with Gasteiger partial charge in [0.15, 0.2) is 6.10 Å². The summed E-state index contributed by atoms with van der Waals surface area (Å²) in [5.74, 6) is -0.683. The molecule has 1 aliphatic rings. The summed E-state index contributed by atoms with van der Waals surface area (Å²) in [6, 6.07) is 9.49. The van der Waals surface area contributed by atoms with Gasteiger partial charge in [-0.05, 0) is 62.3 Å². The van der Waals surface area contributed by atoms with Crippen LogP contribution in [0, 0.1) is 6.92 Å². The number of hydrogen-bond acceptors (Lipinski definition) is 4. The molecule has 1 heterocycles. The normalized spacial score (nSPS) is 14.5. The molecule has 0 bridgehead atoms. The average Bonchev–Trinajstić information content (AvgIpc) is 3.05. The number of carbonyl (C=O) groups is 2. The topological polar surface area (TPSA) is 55.4 Å². The van der Waals surface area contributed by atoms with Gasteiger partial charge in [0.2, 0.25) is 0 Å². The van der Waals surface area contributed by atoms with Crippen molar-refractivity contribution in [3.8, 4) is 0 Å². The highest BCUT2D eigenvalue weighted by atomic mass is 32.1. The molecule has 5 heteroatoms. The average molecular weight is 357 g/mol. The SMILES string of the molecule is CCC(OC(=O)c1cc2c(s1)CCCC2)C(=O)Nc1ccccc1C. The van der Waals surface area contributed by atoms with Crippen LogP contribution in [0.2, 0.25) is 0 Å². The Morgan fingerprint density at radius 1 is 1.24 bits per heavy atom. The Morgan fingerprint density at radius 2 is 2.00 bits per heavy atom. The van der Waals surface area contributed by atoms with Crippen LogP contribution in [-0.2, 0) is 22.4 Å². The van der Waals surface area contributed by atoms with Crippen molar-refractivity contribution >= 4 is 28.9 Å². The lowest BCUT2D eigenvalue weighted by Gasteiger charge is -2.16. The number of fused-ring (bicyclic) bond motifs is 1. The van der Waals surface area contributed by atoms with E-state index in [1.54, 1.807) is 0 Å². The smallest absolute Gasteiger partial charge is 0.349 e. The molecule has 3 rings (SSSR count). The fraction of sp³-hybridized carbons (Fsp3) is 0.400. The summed E-state index contributed by atoms with van der Waals surface area (Å²) in [4.78, 5) is 26.8. The molecule has 0 saturated carbocycles. The van der Waals surface area contributed by atoms with Crippen LogP contribution < -0.4 is 5.32 Å². The summed E-state index contributed by atoms with van der Waals surface area (Å²) in [7, 11) is 0. The van der Waals surface area contributed by atoms with E-state index in [2.05, 4.69) is 5.32 Å². The number of amides is 1. The second-order valence-electron chi connectivity index (χ2n) is 6.37. The van der Waals surface area contributed by atoms with Crippen LogP contribution in [0.4, 0.5) is 5.69 Å². The van der Waals surface area contributed by atoms with E-state index < -0.39 is 12.1 Å². The number of carbonyl (C=O) groups excluding carboxylic acids is 2. The number of nitrogens with one attached hydrogen (secondary N) is 1. The molecule has 1 aromatic carbocycles. The van der Waals surface area contributed by atoms with E-state index in [4.69, 9.17) is 4.74 Å². The summed E-state index contributed by atoms with van der Waals surface area (Å²) in [5.41, 5.74) is 2.98. The number of aryl methyl sites for hydroxylation is 3. The van der Waals surface area contributed by atoms with Gasteiger partial charge in [-0.25, -0.2) is 4.79 Å². The first-order valence-corrected chi connectivity index (χ1v) is 9.59. The lowest BCUT2D eigenvalue weighted by Crippen LogP contribution is -2.32. The molecule has 0 radical (unpaired) electrons. The third-order valence-electron chi connectivity index (χ3n) is 4.51. The number of anilines is 1. The van der Waals surface area contributed by atoms with Gasteiger partial charge in [-0.15, -0.1) is 11.3 Å². The van der Waals surface area contributed by atoms with E-state index in [-0.39, 0.29) is 5.91 Å². The summed E-state index contributed by atoms with van der Waals surface area (Å²) >= 11 is 1.51. The highest BCUT2D eigenvalue weighted by molar-refractivity contribution is 7.14. The van der Waals surface area contributed by atoms with Crippen molar-refractivity contribution in [2.75, 3.05) is 5.32 Å². The molecule has 0 spiro atoms. The van der Waals surface area contributed by atoms with Crippen LogP contribution in [0.25, 0.3) is 0 Å². The number of esters is 1. The Bertz CT molecular complexity index is 757. The summed E-state index contributed by atoms with van der Waals surface area (Å²) < 4.78 is 5.50. The third kappa shape index (κ3) is 4.10. The molecule has 2 aromatic rings. The first-order chi connectivity index (χ1) is 12.1. The Morgan fingerprint density at radius 3 is 2.72 bits per heavy atom. The van der Waals surface area contributed by atoms with Gasteiger partial charge in [0, 0.05) is 10.6 Å². The summed E-state index contributed by atoms with van der Waals surface area (Å²) in [5, 5.41) is 2.85. The molecular weight excluding hydrogens is 334 g/mol. The second kappa shape index (κ2) is 7.83. The van der Waals surface area contributed by atoms with Crippen molar-refractivity contribution in [3.63, 3.8) is 0 Å². The first-order valence-electron chi connectivity index (χ1n) is 8.77. The fourth-order valence-electron chi connectivity index (χ4n) is 3.03. The summed E-state index contributed by atoms with van der Waals surface area (Å²) in [6.45, 7) is 3.77. The van der Waals surface area contributed by atoms with Crippen molar-refractivity contribution < 1.29 is 14.3 Å². The maximum atomic E-state index is 12.5. The number of ether oxygens (including phenoxy) is 1. The molecule has 132 valence electrons. The van der Waals surface area contributed by atoms with Crippen LogP contribution in [0.5, 0.6) is 0 Å². The Balaban J connectivity index is 1.66. The van der Waals surface area contributed by atoms with Gasteiger partial charge < -0.3 is 10.1 Å². The van der Waals surface area contributed by atoms with Crippen molar-refractivity contribution in [2.24, 2.45) is 0 Å². The van der Waals surface area contributed by atoms with E-state index >= 15 is 0 Å². The highest BCUT2D eigenvalue weighted by Gasteiger charge is 2.25. The monoisotopic (exact) mass is 357 g/mol. The number of para-hydroxylation sites is 1. The molecule has 1 atom stereocenters. The van der Waals surface area contributed by atoms with Gasteiger partial charge in [-0.2, -0.15) is 0 Å². The fourth-order valence-corrected chi connectivity index (χ4v) is 4.16. The predicted octanol–water partition coefficient (Wildman–Crippen LogP) is 4.51. The molecule has 0 saturated heterocycles. The van der Waals surface area contributed by atoms with E-state index in [9.17, 15) is 9.59 Å². The van der Waals surface area contributed by atoms with Crippen molar-refractivity contribution in [2.45, 2.75) is 52.1 Å². The maximum Gasteiger partial charge on any atom is 0.349 e. The van der Waals surface area contributed by atoms with Gasteiger partial charge in [-0.3, -0.25) is 4.79 Å². The van der Waals surface area contributed by atoms with Gasteiger partial charge >= 0.3 is 5.97 Å². The van der Waals surface area contributed by atoms with Crippen molar-refractivity contribution in [1.29, 1.82) is 0 Å². The number of rotatable bonds is 5. The molecule has 25 heavy (non-hydrogen) atoms. The third-order valence-corrected chi connectivity index (χ3v) is 5.73. The van der Waals surface area contributed by atoms with Crippen LogP contribution >= 0.6 is 11.3 Å². The zero-order valence-corrected chi connectivity index (χ0v) is 15.4. The highest BCUT2D eigenvalue weighted by Crippen LogP contribution is 2.30. The minimum atomic E-state index is -0.786. The molecule has 1 unspecified atom stereocenters. The minimum absolute atomic E-state index is 0.286. The van der Waals surface area contributed by atoms with E-state index in [0.717, 1.165) is 24.1 Å². The molecule has 1 aliphatic carbocycles. The van der Waals surface area contributed by atoms with Gasteiger partial charge in [0.05, 0.1) is 0 Å². The Kier molecular flexibility index (Phi) is 5.53.